The van der Waals surface area contributed by atoms with Gasteiger partial charge in [0.15, 0.2) is 0 Å². The smallest absolute Gasteiger partial charge is 0.0215 e. The van der Waals surface area contributed by atoms with Crippen molar-refractivity contribution in [2.24, 2.45) is 11.7 Å². The molecular formula is C9H20N2. The van der Waals surface area contributed by atoms with Crippen LogP contribution in [0.4, 0.5) is 0 Å². The second-order valence-electron chi connectivity index (χ2n) is 3.84. The Kier molecular flexibility index (Phi) is 3.34. The standard InChI is InChI=1S/C9H20N2/c1-8-3-4-9(7-10)11(2)6-5-8/h8-9H,3-7,10H2,1-2H3. The van der Waals surface area contributed by atoms with Crippen molar-refractivity contribution in [3.8, 4) is 0 Å². The van der Waals surface area contributed by atoms with Gasteiger partial charge in [0, 0.05) is 12.6 Å². The molecule has 1 saturated heterocycles. The molecule has 0 saturated carbocycles. The minimum Gasteiger partial charge on any atom is -0.329 e. The van der Waals surface area contributed by atoms with Crippen molar-refractivity contribution in [3.63, 3.8) is 0 Å². The summed E-state index contributed by atoms with van der Waals surface area (Å²) in [6.45, 7) is 4.39. The van der Waals surface area contributed by atoms with Gasteiger partial charge in [-0.3, -0.25) is 0 Å². The van der Waals surface area contributed by atoms with E-state index in [4.69, 9.17) is 5.73 Å². The monoisotopic (exact) mass is 156 g/mol. The van der Waals surface area contributed by atoms with Crippen molar-refractivity contribution in [1.82, 2.24) is 4.90 Å². The number of likely N-dealkylation sites (N-methyl/N-ethyl adjacent to an activating group) is 1. The van der Waals surface area contributed by atoms with Gasteiger partial charge in [-0.25, -0.2) is 0 Å². The Balaban J connectivity index is 2.41. The Morgan fingerprint density at radius 3 is 2.73 bits per heavy atom. The van der Waals surface area contributed by atoms with Gasteiger partial charge >= 0.3 is 0 Å². The maximum Gasteiger partial charge on any atom is 0.0215 e. The van der Waals surface area contributed by atoms with Gasteiger partial charge < -0.3 is 10.6 Å². The molecule has 2 atom stereocenters. The minimum atomic E-state index is 0.639. The van der Waals surface area contributed by atoms with E-state index >= 15 is 0 Å². The van der Waals surface area contributed by atoms with Gasteiger partial charge in [-0.1, -0.05) is 6.92 Å². The summed E-state index contributed by atoms with van der Waals surface area (Å²) in [6.07, 6.45) is 3.98. The van der Waals surface area contributed by atoms with E-state index in [0.29, 0.717) is 6.04 Å². The van der Waals surface area contributed by atoms with E-state index in [9.17, 15) is 0 Å². The summed E-state index contributed by atoms with van der Waals surface area (Å²) in [5.41, 5.74) is 5.67. The van der Waals surface area contributed by atoms with E-state index in [1.807, 2.05) is 0 Å². The molecule has 2 heteroatoms. The number of rotatable bonds is 1. The van der Waals surface area contributed by atoms with Gasteiger partial charge in [-0.2, -0.15) is 0 Å². The number of hydrogen-bond donors (Lipinski definition) is 1. The van der Waals surface area contributed by atoms with Crippen LogP contribution in [-0.2, 0) is 0 Å². The predicted molar refractivity (Wildman–Crippen MR) is 48.5 cm³/mol. The van der Waals surface area contributed by atoms with Gasteiger partial charge in [-0.15, -0.1) is 0 Å². The fourth-order valence-electron chi connectivity index (χ4n) is 1.75. The molecule has 1 heterocycles. The van der Waals surface area contributed by atoms with Gasteiger partial charge in [0.25, 0.3) is 0 Å². The molecule has 0 amide bonds. The van der Waals surface area contributed by atoms with Crippen LogP contribution >= 0.6 is 0 Å². The third kappa shape index (κ3) is 2.46. The molecule has 1 fully saturated rings. The molecule has 0 aromatic rings. The van der Waals surface area contributed by atoms with E-state index in [1.54, 1.807) is 0 Å². The third-order valence-corrected chi connectivity index (χ3v) is 2.86. The summed E-state index contributed by atoms with van der Waals surface area (Å²) >= 11 is 0. The summed E-state index contributed by atoms with van der Waals surface area (Å²) in [5, 5.41) is 0. The quantitative estimate of drug-likeness (QED) is 0.615. The van der Waals surface area contributed by atoms with E-state index in [0.717, 1.165) is 12.5 Å². The van der Waals surface area contributed by atoms with Crippen molar-refractivity contribution in [3.05, 3.63) is 0 Å². The highest BCUT2D eigenvalue weighted by Gasteiger charge is 2.18. The van der Waals surface area contributed by atoms with Crippen LogP contribution in [0, 0.1) is 5.92 Å². The Morgan fingerprint density at radius 2 is 2.09 bits per heavy atom. The number of nitrogens with two attached hydrogens (primary N) is 1. The molecule has 0 radical (unpaired) electrons. The SMILES string of the molecule is CC1CCC(CN)N(C)CC1. The number of likely N-dealkylation sites (tertiary alicyclic amines) is 1. The molecule has 66 valence electrons. The Hall–Kier alpha value is -0.0800. The maximum absolute atomic E-state index is 5.67. The first-order valence-electron chi connectivity index (χ1n) is 4.64. The van der Waals surface area contributed by atoms with Crippen LogP contribution < -0.4 is 5.73 Å². The van der Waals surface area contributed by atoms with E-state index in [-0.39, 0.29) is 0 Å². The van der Waals surface area contributed by atoms with Crippen LogP contribution in [-0.4, -0.2) is 31.1 Å². The summed E-state index contributed by atoms with van der Waals surface area (Å²) in [6, 6.07) is 0.639. The van der Waals surface area contributed by atoms with Crippen molar-refractivity contribution in [1.29, 1.82) is 0 Å². The second-order valence-corrected chi connectivity index (χ2v) is 3.84. The molecule has 1 aliphatic heterocycles. The van der Waals surface area contributed by atoms with E-state index < -0.39 is 0 Å². The number of nitrogens with zero attached hydrogens (tertiary/aromatic N) is 1. The largest absolute Gasteiger partial charge is 0.329 e. The molecule has 0 spiro atoms. The van der Waals surface area contributed by atoms with Crippen LogP contribution in [0.5, 0.6) is 0 Å². The first-order chi connectivity index (χ1) is 5.24. The Bertz CT molecular complexity index is 114. The maximum atomic E-state index is 5.67. The van der Waals surface area contributed by atoms with Crippen molar-refractivity contribution >= 4 is 0 Å². The molecule has 2 nitrogen and oxygen atoms in total. The highest BCUT2D eigenvalue weighted by atomic mass is 15.1. The van der Waals surface area contributed by atoms with Crippen LogP contribution in [0.3, 0.4) is 0 Å². The average molecular weight is 156 g/mol. The van der Waals surface area contributed by atoms with Gasteiger partial charge in [0.05, 0.1) is 0 Å². The lowest BCUT2D eigenvalue weighted by Crippen LogP contribution is -2.36. The minimum absolute atomic E-state index is 0.639. The zero-order chi connectivity index (χ0) is 8.27. The summed E-state index contributed by atoms with van der Waals surface area (Å²) in [4.78, 5) is 2.41. The van der Waals surface area contributed by atoms with Crippen molar-refractivity contribution in [2.45, 2.75) is 32.2 Å². The van der Waals surface area contributed by atoms with Crippen LogP contribution in [0.1, 0.15) is 26.2 Å². The molecule has 0 aromatic carbocycles. The molecule has 0 aromatic heterocycles. The average Bonchev–Trinajstić information content (AvgIpc) is 2.15. The fraction of sp³-hybridized carbons (Fsp3) is 1.00. The molecule has 2 N–H and O–H groups in total. The normalized spacial score (nSPS) is 35.2. The summed E-state index contributed by atoms with van der Waals surface area (Å²) in [7, 11) is 2.19. The lowest BCUT2D eigenvalue weighted by molar-refractivity contribution is 0.252. The molecular weight excluding hydrogens is 136 g/mol. The lowest BCUT2D eigenvalue weighted by Gasteiger charge is -2.23. The van der Waals surface area contributed by atoms with Crippen LogP contribution in [0.2, 0.25) is 0 Å². The fourth-order valence-corrected chi connectivity index (χ4v) is 1.75. The molecule has 0 aliphatic carbocycles. The summed E-state index contributed by atoms with van der Waals surface area (Å²) in [5.74, 6) is 0.897. The number of hydrogen-bond acceptors (Lipinski definition) is 2. The zero-order valence-electron chi connectivity index (χ0n) is 7.71. The first kappa shape index (κ1) is 9.01. The Morgan fingerprint density at radius 1 is 1.36 bits per heavy atom. The zero-order valence-corrected chi connectivity index (χ0v) is 7.71. The predicted octanol–water partition coefficient (Wildman–Crippen LogP) is 1.07. The van der Waals surface area contributed by atoms with Gasteiger partial charge in [0.1, 0.15) is 0 Å². The van der Waals surface area contributed by atoms with Gasteiger partial charge in [-0.05, 0) is 38.8 Å². The highest BCUT2D eigenvalue weighted by Crippen LogP contribution is 2.19. The first-order valence-corrected chi connectivity index (χ1v) is 4.64. The van der Waals surface area contributed by atoms with Crippen LogP contribution in [0.15, 0.2) is 0 Å². The molecule has 11 heavy (non-hydrogen) atoms. The van der Waals surface area contributed by atoms with Gasteiger partial charge in [0.2, 0.25) is 0 Å². The Labute approximate surface area is 69.8 Å². The van der Waals surface area contributed by atoms with Crippen LogP contribution in [0.25, 0.3) is 0 Å². The molecule has 0 bridgehead atoms. The lowest BCUT2D eigenvalue weighted by atomic mass is 10.0. The van der Waals surface area contributed by atoms with Crippen molar-refractivity contribution < 1.29 is 0 Å². The molecule has 1 aliphatic rings. The van der Waals surface area contributed by atoms with E-state index in [1.165, 1.54) is 25.8 Å². The molecule has 2 unspecified atom stereocenters. The molecule has 1 rings (SSSR count). The van der Waals surface area contributed by atoms with Crippen molar-refractivity contribution in [2.75, 3.05) is 20.1 Å². The highest BCUT2D eigenvalue weighted by molar-refractivity contribution is 4.75. The third-order valence-electron chi connectivity index (χ3n) is 2.86. The topological polar surface area (TPSA) is 29.3 Å². The second kappa shape index (κ2) is 4.07. The summed E-state index contributed by atoms with van der Waals surface area (Å²) < 4.78 is 0. The van der Waals surface area contributed by atoms with E-state index in [2.05, 4.69) is 18.9 Å².